The van der Waals surface area contributed by atoms with Crippen LogP contribution in [0.1, 0.15) is 18.5 Å². The molecule has 4 heteroatoms. The van der Waals surface area contributed by atoms with E-state index in [1.807, 2.05) is 61.6 Å². The van der Waals surface area contributed by atoms with Gasteiger partial charge in [-0.15, -0.1) is 0 Å². The lowest BCUT2D eigenvalue weighted by atomic mass is 10.1. The first-order valence-electron chi connectivity index (χ1n) is 6.22. The number of pyridine rings is 1. The molecule has 0 amide bonds. The van der Waals surface area contributed by atoms with Crippen LogP contribution in [0, 0.1) is 0 Å². The highest BCUT2D eigenvalue weighted by molar-refractivity contribution is 6.31. The zero-order valence-electron chi connectivity index (χ0n) is 11.4. The molecule has 0 radical (unpaired) electrons. The van der Waals surface area contributed by atoms with Crippen LogP contribution < -0.4 is 10.2 Å². The second-order valence-corrected chi connectivity index (χ2v) is 5.09. The van der Waals surface area contributed by atoms with Gasteiger partial charge in [-0.3, -0.25) is 0 Å². The maximum Gasteiger partial charge on any atom is 0.128 e. The van der Waals surface area contributed by atoms with Crippen molar-refractivity contribution in [3.8, 4) is 0 Å². The van der Waals surface area contributed by atoms with Gasteiger partial charge in [0, 0.05) is 19.1 Å². The van der Waals surface area contributed by atoms with E-state index in [1.165, 1.54) is 0 Å². The third-order valence-corrected chi connectivity index (χ3v) is 3.31. The van der Waals surface area contributed by atoms with E-state index in [0.717, 1.165) is 22.1 Å². The Morgan fingerprint density at radius 1 is 1.16 bits per heavy atom. The predicted molar refractivity (Wildman–Crippen MR) is 82.1 cm³/mol. The standard InChI is InChI=1S/C15H18ClN3/c1-11(13-6-4-5-7-14(13)16)18-12-8-9-15(17-10-12)19(2)3/h4-11,18H,1-3H3. The van der Waals surface area contributed by atoms with E-state index in [4.69, 9.17) is 11.6 Å². The van der Waals surface area contributed by atoms with Crippen LogP contribution in [-0.4, -0.2) is 19.1 Å². The second kappa shape index (κ2) is 5.93. The molecule has 0 aliphatic carbocycles. The van der Waals surface area contributed by atoms with Gasteiger partial charge in [0.15, 0.2) is 0 Å². The molecule has 0 saturated carbocycles. The van der Waals surface area contributed by atoms with E-state index in [0.29, 0.717) is 0 Å². The molecular formula is C15H18ClN3. The Bertz CT molecular complexity index is 537. The molecule has 1 aromatic carbocycles. The van der Waals surface area contributed by atoms with Crippen LogP contribution in [0.3, 0.4) is 0 Å². The average molecular weight is 276 g/mol. The largest absolute Gasteiger partial charge is 0.377 e. The summed E-state index contributed by atoms with van der Waals surface area (Å²) in [6.07, 6.45) is 1.84. The number of nitrogens with one attached hydrogen (secondary N) is 1. The maximum absolute atomic E-state index is 6.19. The lowest BCUT2D eigenvalue weighted by molar-refractivity contribution is 0.882. The van der Waals surface area contributed by atoms with E-state index < -0.39 is 0 Å². The van der Waals surface area contributed by atoms with E-state index in [9.17, 15) is 0 Å². The Morgan fingerprint density at radius 2 is 1.89 bits per heavy atom. The first-order valence-corrected chi connectivity index (χ1v) is 6.60. The lowest BCUT2D eigenvalue weighted by Crippen LogP contribution is -2.11. The van der Waals surface area contributed by atoms with Crippen molar-refractivity contribution in [2.45, 2.75) is 13.0 Å². The molecule has 19 heavy (non-hydrogen) atoms. The molecule has 0 aliphatic heterocycles. The van der Waals surface area contributed by atoms with Crippen molar-refractivity contribution in [1.29, 1.82) is 0 Å². The summed E-state index contributed by atoms with van der Waals surface area (Å²) in [5, 5.41) is 4.18. The first-order chi connectivity index (χ1) is 9.08. The van der Waals surface area contributed by atoms with Crippen LogP contribution in [0.15, 0.2) is 42.6 Å². The zero-order chi connectivity index (χ0) is 13.8. The van der Waals surface area contributed by atoms with Crippen LogP contribution in [0.4, 0.5) is 11.5 Å². The Balaban J connectivity index is 2.11. The molecule has 2 rings (SSSR count). The number of halogens is 1. The van der Waals surface area contributed by atoms with Gasteiger partial charge in [0.1, 0.15) is 5.82 Å². The zero-order valence-corrected chi connectivity index (χ0v) is 12.1. The maximum atomic E-state index is 6.19. The highest BCUT2D eigenvalue weighted by Crippen LogP contribution is 2.25. The average Bonchev–Trinajstić information content (AvgIpc) is 2.39. The predicted octanol–water partition coefficient (Wildman–Crippen LogP) is 3.97. The van der Waals surface area contributed by atoms with Gasteiger partial charge in [0.05, 0.1) is 17.9 Å². The molecule has 0 aliphatic rings. The molecular weight excluding hydrogens is 258 g/mol. The highest BCUT2D eigenvalue weighted by atomic mass is 35.5. The van der Waals surface area contributed by atoms with Gasteiger partial charge in [0.2, 0.25) is 0 Å². The second-order valence-electron chi connectivity index (χ2n) is 4.69. The quantitative estimate of drug-likeness (QED) is 0.915. The highest BCUT2D eigenvalue weighted by Gasteiger charge is 2.09. The molecule has 1 heterocycles. The van der Waals surface area contributed by atoms with Crippen molar-refractivity contribution in [1.82, 2.24) is 4.98 Å². The molecule has 0 bridgehead atoms. The molecule has 1 N–H and O–H groups in total. The Hall–Kier alpha value is -1.74. The fourth-order valence-corrected chi connectivity index (χ4v) is 2.19. The van der Waals surface area contributed by atoms with Gasteiger partial charge in [-0.1, -0.05) is 29.8 Å². The molecule has 100 valence electrons. The van der Waals surface area contributed by atoms with E-state index >= 15 is 0 Å². The minimum absolute atomic E-state index is 0.140. The molecule has 2 aromatic rings. The van der Waals surface area contributed by atoms with Crippen molar-refractivity contribution in [3.05, 3.63) is 53.2 Å². The third kappa shape index (κ3) is 3.38. The van der Waals surface area contributed by atoms with Crippen LogP contribution >= 0.6 is 11.6 Å². The van der Waals surface area contributed by atoms with E-state index in [2.05, 4.69) is 17.2 Å². The summed E-state index contributed by atoms with van der Waals surface area (Å²) < 4.78 is 0. The number of aromatic nitrogens is 1. The number of anilines is 2. The summed E-state index contributed by atoms with van der Waals surface area (Å²) >= 11 is 6.19. The Morgan fingerprint density at radius 3 is 2.47 bits per heavy atom. The monoisotopic (exact) mass is 275 g/mol. The molecule has 1 aromatic heterocycles. The van der Waals surface area contributed by atoms with Crippen molar-refractivity contribution in [2.24, 2.45) is 0 Å². The van der Waals surface area contributed by atoms with Crippen LogP contribution in [-0.2, 0) is 0 Å². The number of hydrogen-bond acceptors (Lipinski definition) is 3. The number of benzene rings is 1. The Labute approximate surface area is 119 Å². The van der Waals surface area contributed by atoms with Gasteiger partial charge in [-0.25, -0.2) is 4.98 Å². The summed E-state index contributed by atoms with van der Waals surface area (Å²) in [6.45, 7) is 2.08. The minimum atomic E-state index is 0.140. The summed E-state index contributed by atoms with van der Waals surface area (Å²) in [4.78, 5) is 6.35. The van der Waals surface area contributed by atoms with Gasteiger partial charge < -0.3 is 10.2 Å². The molecule has 1 atom stereocenters. The molecule has 0 saturated heterocycles. The molecule has 0 spiro atoms. The third-order valence-electron chi connectivity index (χ3n) is 2.96. The van der Waals surface area contributed by atoms with Crippen LogP contribution in [0.5, 0.6) is 0 Å². The topological polar surface area (TPSA) is 28.2 Å². The summed E-state index contributed by atoms with van der Waals surface area (Å²) in [6, 6.07) is 12.0. The van der Waals surface area contributed by atoms with Crippen LogP contribution in [0.25, 0.3) is 0 Å². The molecule has 1 unspecified atom stereocenters. The SMILES string of the molecule is CC(Nc1ccc(N(C)C)nc1)c1ccccc1Cl. The summed E-state index contributed by atoms with van der Waals surface area (Å²) in [5.41, 5.74) is 2.07. The van der Waals surface area contributed by atoms with Gasteiger partial charge in [0.25, 0.3) is 0 Å². The van der Waals surface area contributed by atoms with Crippen molar-refractivity contribution in [2.75, 3.05) is 24.3 Å². The first kappa shape index (κ1) is 13.7. The van der Waals surface area contributed by atoms with Crippen molar-refractivity contribution >= 4 is 23.1 Å². The normalized spacial score (nSPS) is 12.0. The minimum Gasteiger partial charge on any atom is -0.377 e. The fourth-order valence-electron chi connectivity index (χ4n) is 1.89. The number of nitrogens with zero attached hydrogens (tertiary/aromatic N) is 2. The number of rotatable bonds is 4. The van der Waals surface area contributed by atoms with Crippen LogP contribution in [0.2, 0.25) is 5.02 Å². The van der Waals surface area contributed by atoms with Crippen molar-refractivity contribution in [3.63, 3.8) is 0 Å². The van der Waals surface area contributed by atoms with Crippen molar-refractivity contribution < 1.29 is 0 Å². The van der Waals surface area contributed by atoms with Gasteiger partial charge in [-0.2, -0.15) is 0 Å². The number of hydrogen-bond donors (Lipinski definition) is 1. The fraction of sp³-hybridized carbons (Fsp3) is 0.267. The smallest absolute Gasteiger partial charge is 0.128 e. The Kier molecular flexibility index (Phi) is 4.27. The van der Waals surface area contributed by atoms with Gasteiger partial charge in [-0.05, 0) is 30.7 Å². The van der Waals surface area contributed by atoms with E-state index in [-0.39, 0.29) is 6.04 Å². The van der Waals surface area contributed by atoms with Gasteiger partial charge >= 0.3 is 0 Å². The summed E-state index contributed by atoms with van der Waals surface area (Å²) in [5.74, 6) is 0.941. The lowest BCUT2D eigenvalue weighted by Gasteiger charge is -2.17. The summed E-state index contributed by atoms with van der Waals surface area (Å²) in [7, 11) is 3.95. The molecule has 3 nitrogen and oxygen atoms in total. The molecule has 0 fully saturated rings. The van der Waals surface area contributed by atoms with E-state index in [1.54, 1.807) is 0 Å².